The number of aromatic nitrogens is 2. The Morgan fingerprint density at radius 1 is 1.21 bits per heavy atom. The van der Waals surface area contributed by atoms with Gasteiger partial charge < -0.3 is 10.3 Å². The maximum atomic E-state index is 5.93. The van der Waals surface area contributed by atoms with Crippen LogP contribution in [0.15, 0.2) is 42.5 Å². The third-order valence-electron chi connectivity index (χ3n) is 3.30. The Morgan fingerprint density at radius 2 is 2.00 bits per heavy atom. The highest BCUT2D eigenvalue weighted by Crippen LogP contribution is 2.22. The third kappa shape index (κ3) is 2.17. The number of hydrogen-bond donors (Lipinski definition) is 1. The fourth-order valence-corrected chi connectivity index (χ4v) is 2.36. The number of nitrogens with zero attached hydrogens (tertiary/aromatic N) is 2. The van der Waals surface area contributed by atoms with Gasteiger partial charge in [-0.15, -0.1) is 0 Å². The quantitative estimate of drug-likeness (QED) is 0.726. The smallest absolute Gasteiger partial charge is 0.114 e. The predicted molar refractivity (Wildman–Crippen MR) is 79.4 cm³/mol. The minimum absolute atomic E-state index is 0.591. The van der Waals surface area contributed by atoms with E-state index in [9.17, 15) is 0 Å². The Kier molecular flexibility index (Phi) is 2.91. The summed E-state index contributed by atoms with van der Waals surface area (Å²) < 4.78 is 2.11. The van der Waals surface area contributed by atoms with E-state index in [1.807, 2.05) is 43.4 Å². The molecule has 0 spiro atoms. The standard InChI is InChI=1S/C15H14ClN3/c1-19-14-5-3-2-4-13(14)18-15(19)9-10-6-7-11(16)12(17)8-10/h2-8H,9,17H2,1H3. The van der Waals surface area contributed by atoms with Crippen LogP contribution in [-0.2, 0) is 13.5 Å². The van der Waals surface area contributed by atoms with Crippen LogP contribution in [0.25, 0.3) is 11.0 Å². The van der Waals surface area contributed by atoms with Crippen molar-refractivity contribution in [2.24, 2.45) is 7.05 Å². The second-order valence-corrected chi connectivity index (χ2v) is 5.02. The number of para-hydroxylation sites is 2. The Labute approximate surface area is 116 Å². The lowest BCUT2D eigenvalue weighted by Gasteiger charge is -2.05. The van der Waals surface area contributed by atoms with E-state index in [0.717, 1.165) is 28.8 Å². The molecule has 96 valence electrons. The van der Waals surface area contributed by atoms with Gasteiger partial charge in [-0.1, -0.05) is 29.8 Å². The van der Waals surface area contributed by atoms with Gasteiger partial charge in [0.1, 0.15) is 5.82 Å². The van der Waals surface area contributed by atoms with E-state index >= 15 is 0 Å². The number of nitrogen functional groups attached to an aromatic ring is 1. The second-order valence-electron chi connectivity index (χ2n) is 4.61. The molecule has 0 aliphatic heterocycles. The number of anilines is 1. The third-order valence-corrected chi connectivity index (χ3v) is 3.65. The molecule has 2 N–H and O–H groups in total. The van der Waals surface area contributed by atoms with Gasteiger partial charge in [0, 0.05) is 13.5 Å². The summed E-state index contributed by atoms with van der Waals surface area (Å²) in [7, 11) is 2.03. The number of rotatable bonds is 2. The fourth-order valence-electron chi connectivity index (χ4n) is 2.24. The van der Waals surface area contributed by atoms with Crippen molar-refractivity contribution >= 4 is 28.3 Å². The van der Waals surface area contributed by atoms with Crippen LogP contribution >= 0.6 is 11.6 Å². The zero-order valence-electron chi connectivity index (χ0n) is 10.6. The molecule has 3 aromatic rings. The molecular weight excluding hydrogens is 258 g/mol. The van der Waals surface area contributed by atoms with Gasteiger partial charge in [-0.05, 0) is 29.8 Å². The molecule has 0 aliphatic carbocycles. The van der Waals surface area contributed by atoms with Gasteiger partial charge in [0.2, 0.25) is 0 Å². The van der Waals surface area contributed by atoms with Crippen molar-refractivity contribution < 1.29 is 0 Å². The zero-order chi connectivity index (χ0) is 13.4. The van der Waals surface area contributed by atoms with Crippen LogP contribution in [-0.4, -0.2) is 9.55 Å². The first-order chi connectivity index (χ1) is 9.15. The van der Waals surface area contributed by atoms with Gasteiger partial charge in [0.25, 0.3) is 0 Å². The molecule has 3 nitrogen and oxygen atoms in total. The lowest BCUT2D eigenvalue weighted by Crippen LogP contribution is -1.99. The van der Waals surface area contributed by atoms with Crippen LogP contribution < -0.4 is 5.73 Å². The molecule has 0 saturated heterocycles. The number of imidazole rings is 1. The lowest BCUT2D eigenvalue weighted by molar-refractivity contribution is 0.845. The molecule has 0 aliphatic rings. The molecule has 4 heteroatoms. The molecule has 1 aromatic heterocycles. The summed E-state index contributed by atoms with van der Waals surface area (Å²) in [6.45, 7) is 0. The van der Waals surface area contributed by atoms with Gasteiger partial charge in [-0.3, -0.25) is 0 Å². The van der Waals surface area contributed by atoms with Gasteiger partial charge >= 0.3 is 0 Å². The lowest BCUT2D eigenvalue weighted by atomic mass is 10.1. The van der Waals surface area contributed by atoms with E-state index in [1.54, 1.807) is 0 Å². The van der Waals surface area contributed by atoms with Crippen LogP contribution in [0, 0.1) is 0 Å². The highest BCUT2D eigenvalue weighted by molar-refractivity contribution is 6.33. The zero-order valence-corrected chi connectivity index (χ0v) is 11.4. The van der Waals surface area contributed by atoms with E-state index in [0.29, 0.717) is 10.7 Å². The van der Waals surface area contributed by atoms with Gasteiger partial charge in [-0.25, -0.2) is 4.98 Å². The van der Waals surface area contributed by atoms with Crippen LogP contribution in [0.3, 0.4) is 0 Å². The highest BCUT2D eigenvalue weighted by atomic mass is 35.5. The van der Waals surface area contributed by atoms with Crippen LogP contribution in [0.1, 0.15) is 11.4 Å². The molecule has 2 aromatic carbocycles. The average molecular weight is 272 g/mol. The van der Waals surface area contributed by atoms with Gasteiger partial charge in [-0.2, -0.15) is 0 Å². The van der Waals surface area contributed by atoms with Crippen molar-refractivity contribution in [2.75, 3.05) is 5.73 Å². The van der Waals surface area contributed by atoms with Crippen molar-refractivity contribution in [3.63, 3.8) is 0 Å². The average Bonchev–Trinajstić information content (AvgIpc) is 2.72. The van der Waals surface area contributed by atoms with E-state index < -0.39 is 0 Å². The first kappa shape index (κ1) is 12.1. The molecule has 3 rings (SSSR count). The topological polar surface area (TPSA) is 43.8 Å². The monoisotopic (exact) mass is 271 g/mol. The van der Waals surface area contributed by atoms with E-state index in [4.69, 9.17) is 17.3 Å². The molecule has 0 unspecified atom stereocenters. The number of nitrogens with two attached hydrogens (primary N) is 1. The minimum Gasteiger partial charge on any atom is -0.398 e. The Balaban J connectivity index is 2.01. The Bertz CT molecular complexity index is 746. The molecule has 19 heavy (non-hydrogen) atoms. The van der Waals surface area contributed by atoms with Gasteiger partial charge in [0.15, 0.2) is 0 Å². The summed E-state index contributed by atoms with van der Waals surface area (Å²) in [5.41, 5.74) is 9.70. The summed E-state index contributed by atoms with van der Waals surface area (Å²) >= 11 is 5.93. The Morgan fingerprint density at radius 3 is 2.74 bits per heavy atom. The SMILES string of the molecule is Cn1c(Cc2ccc(Cl)c(N)c2)nc2ccccc21. The van der Waals surface area contributed by atoms with Gasteiger partial charge in [0.05, 0.1) is 21.7 Å². The van der Waals surface area contributed by atoms with Crippen molar-refractivity contribution in [1.29, 1.82) is 0 Å². The maximum absolute atomic E-state index is 5.93. The summed E-state index contributed by atoms with van der Waals surface area (Å²) in [4.78, 5) is 4.65. The van der Waals surface area contributed by atoms with Crippen molar-refractivity contribution in [2.45, 2.75) is 6.42 Å². The maximum Gasteiger partial charge on any atom is 0.114 e. The van der Waals surface area contributed by atoms with E-state index in [1.165, 1.54) is 0 Å². The molecule has 0 fully saturated rings. The van der Waals surface area contributed by atoms with Crippen LogP contribution in [0.2, 0.25) is 5.02 Å². The highest BCUT2D eigenvalue weighted by Gasteiger charge is 2.08. The summed E-state index contributed by atoms with van der Waals surface area (Å²) in [5, 5.41) is 0.591. The molecule has 0 amide bonds. The van der Waals surface area contributed by atoms with Crippen LogP contribution in [0.4, 0.5) is 5.69 Å². The van der Waals surface area contributed by atoms with Crippen molar-refractivity contribution in [3.8, 4) is 0 Å². The summed E-state index contributed by atoms with van der Waals surface area (Å²) in [5.74, 6) is 1.02. The second kappa shape index (κ2) is 4.59. The fraction of sp³-hybridized carbons (Fsp3) is 0.133. The molecule has 0 radical (unpaired) electrons. The van der Waals surface area contributed by atoms with E-state index in [-0.39, 0.29) is 0 Å². The number of aryl methyl sites for hydroxylation is 1. The van der Waals surface area contributed by atoms with Crippen molar-refractivity contribution in [3.05, 3.63) is 58.9 Å². The first-order valence-electron chi connectivity index (χ1n) is 6.09. The number of benzene rings is 2. The Hall–Kier alpha value is -2.00. The first-order valence-corrected chi connectivity index (χ1v) is 6.47. The predicted octanol–water partition coefficient (Wildman–Crippen LogP) is 3.40. The largest absolute Gasteiger partial charge is 0.398 e. The summed E-state index contributed by atoms with van der Waals surface area (Å²) in [6, 6.07) is 13.8. The molecule has 0 atom stereocenters. The van der Waals surface area contributed by atoms with E-state index in [2.05, 4.69) is 15.6 Å². The van der Waals surface area contributed by atoms with Crippen LogP contribution in [0.5, 0.6) is 0 Å². The molecule has 0 saturated carbocycles. The molecule has 0 bridgehead atoms. The number of fused-ring (bicyclic) bond motifs is 1. The molecular formula is C15H14ClN3. The normalized spacial score (nSPS) is 11.1. The molecule has 1 heterocycles. The minimum atomic E-state index is 0.591. The number of hydrogen-bond acceptors (Lipinski definition) is 2. The number of halogens is 1. The summed E-state index contributed by atoms with van der Waals surface area (Å²) in [6.07, 6.45) is 0.743. The van der Waals surface area contributed by atoms with Crippen molar-refractivity contribution in [1.82, 2.24) is 9.55 Å².